The van der Waals surface area contributed by atoms with E-state index in [4.69, 9.17) is 5.11 Å². The van der Waals surface area contributed by atoms with Gasteiger partial charge in [0, 0.05) is 11.0 Å². The van der Waals surface area contributed by atoms with Gasteiger partial charge in [-0.25, -0.2) is 8.42 Å². The minimum absolute atomic E-state index is 0.0894. The number of hydrogen-bond acceptors (Lipinski definition) is 3. The monoisotopic (exact) mass is 335 g/mol. The lowest BCUT2D eigenvalue weighted by atomic mass is 10.4. The molecule has 0 aliphatic heterocycles. The highest BCUT2D eigenvalue weighted by atomic mass is 79.9. The van der Waals surface area contributed by atoms with E-state index in [1.54, 1.807) is 19.1 Å². The molecule has 0 aliphatic carbocycles. The van der Waals surface area contributed by atoms with Crippen LogP contribution >= 0.6 is 15.9 Å². The van der Waals surface area contributed by atoms with Gasteiger partial charge in [0.1, 0.15) is 6.54 Å². The van der Waals surface area contributed by atoms with E-state index in [2.05, 4.69) is 15.9 Å². The largest absolute Gasteiger partial charge is 0.480 e. The van der Waals surface area contributed by atoms with Crippen molar-refractivity contribution in [2.75, 3.05) is 13.1 Å². The van der Waals surface area contributed by atoms with Crippen LogP contribution in [-0.2, 0) is 14.8 Å². The first-order valence-corrected chi connectivity index (χ1v) is 7.58. The molecule has 0 fully saturated rings. The molecule has 18 heavy (non-hydrogen) atoms. The van der Waals surface area contributed by atoms with Gasteiger partial charge in [-0.15, -0.1) is 0 Å². The first kappa shape index (κ1) is 15.1. The maximum atomic E-state index is 12.3. The summed E-state index contributed by atoms with van der Waals surface area (Å²) in [5.74, 6) is -1.16. The summed E-state index contributed by atoms with van der Waals surface area (Å²) in [4.78, 5) is 10.8. The van der Waals surface area contributed by atoms with E-state index in [-0.39, 0.29) is 11.4 Å². The number of nitrogens with zero attached hydrogens (tertiary/aromatic N) is 1. The Kier molecular flexibility index (Phi) is 5.30. The summed E-state index contributed by atoms with van der Waals surface area (Å²) in [6.45, 7) is 1.45. The second-order valence-electron chi connectivity index (χ2n) is 3.69. The van der Waals surface area contributed by atoms with E-state index in [0.29, 0.717) is 10.9 Å². The van der Waals surface area contributed by atoms with E-state index in [1.807, 2.05) is 0 Å². The van der Waals surface area contributed by atoms with E-state index in [9.17, 15) is 13.2 Å². The van der Waals surface area contributed by atoms with Gasteiger partial charge in [0.05, 0.1) is 4.90 Å². The molecule has 1 aromatic carbocycles. The Morgan fingerprint density at radius 2 is 2.11 bits per heavy atom. The summed E-state index contributed by atoms with van der Waals surface area (Å²) in [5.41, 5.74) is 0. The summed E-state index contributed by atoms with van der Waals surface area (Å²) in [5, 5.41) is 8.76. The molecular formula is C11H14BrNO4S. The molecule has 1 aromatic rings. The second kappa shape index (κ2) is 6.31. The summed E-state index contributed by atoms with van der Waals surface area (Å²) in [6.07, 6.45) is 0.556. The molecule has 0 radical (unpaired) electrons. The van der Waals surface area contributed by atoms with E-state index >= 15 is 0 Å². The molecule has 1 N–H and O–H groups in total. The maximum Gasteiger partial charge on any atom is 0.318 e. The minimum Gasteiger partial charge on any atom is -0.480 e. The Labute approximate surface area is 115 Å². The summed E-state index contributed by atoms with van der Waals surface area (Å²) >= 11 is 3.19. The first-order chi connectivity index (χ1) is 8.37. The lowest BCUT2D eigenvalue weighted by molar-refractivity contribution is -0.137. The second-order valence-corrected chi connectivity index (χ2v) is 6.54. The third kappa shape index (κ3) is 3.79. The predicted octanol–water partition coefficient (Wildman–Crippen LogP) is 1.93. The molecule has 0 aromatic heterocycles. The Bertz CT molecular complexity index is 530. The number of aliphatic carboxylic acids is 1. The van der Waals surface area contributed by atoms with Crippen LogP contribution in [0.5, 0.6) is 0 Å². The van der Waals surface area contributed by atoms with Crippen molar-refractivity contribution in [1.29, 1.82) is 0 Å². The molecule has 0 heterocycles. The quantitative estimate of drug-likeness (QED) is 0.861. The predicted molar refractivity (Wildman–Crippen MR) is 70.8 cm³/mol. The van der Waals surface area contributed by atoms with Crippen LogP contribution in [-0.4, -0.2) is 36.9 Å². The number of hydrogen-bond donors (Lipinski definition) is 1. The van der Waals surface area contributed by atoms with E-state index in [0.717, 1.165) is 4.31 Å². The number of halogens is 1. The van der Waals surface area contributed by atoms with Gasteiger partial charge in [-0.05, 0) is 24.6 Å². The molecule has 1 rings (SSSR count). The zero-order chi connectivity index (χ0) is 13.8. The fourth-order valence-corrected chi connectivity index (χ4v) is 3.54. The molecular weight excluding hydrogens is 322 g/mol. The Balaban J connectivity index is 3.12. The Morgan fingerprint density at radius 1 is 1.44 bits per heavy atom. The topological polar surface area (TPSA) is 74.7 Å². The maximum absolute atomic E-state index is 12.3. The average Bonchev–Trinajstić information content (AvgIpc) is 2.28. The summed E-state index contributed by atoms with van der Waals surface area (Å²) < 4.78 is 26.1. The number of sulfonamides is 1. The van der Waals surface area contributed by atoms with Crippen molar-refractivity contribution < 1.29 is 18.3 Å². The van der Waals surface area contributed by atoms with E-state index in [1.165, 1.54) is 12.1 Å². The van der Waals surface area contributed by atoms with Crippen molar-refractivity contribution in [2.45, 2.75) is 18.2 Å². The average molecular weight is 336 g/mol. The lowest BCUT2D eigenvalue weighted by Gasteiger charge is -2.19. The molecule has 0 atom stereocenters. The molecule has 0 spiro atoms. The van der Waals surface area contributed by atoms with Crippen LogP contribution in [0.3, 0.4) is 0 Å². The number of carbonyl (C=O) groups is 1. The van der Waals surface area contributed by atoms with E-state index < -0.39 is 22.5 Å². The summed E-state index contributed by atoms with van der Waals surface area (Å²) in [7, 11) is -3.76. The van der Waals surface area contributed by atoms with Crippen molar-refractivity contribution in [1.82, 2.24) is 4.31 Å². The Morgan fingerprint density at radius 3 is 2.61 bits per heavy atom. The highest BCUT2D eigenvalue weighted by molar-refractivity contribution is 9.10. The fraction of sp³-hybridized carbons (Fsp3) is 0.364. The van der Waals surface area contributed by atoms with Crippen LogP contribution < -0.4 is 0 Å². The number of benzene rings is 1. The van der Waals surface area contributed by atoms with Gasteiger partial charge >= 0.3 is 5.97 Å². The summed E-state index contributed by atoms with van der Waals surface area (Å²) in [6, 6.07) is 6.21. The normalized spacial score (nSPS) is 11.7. The standard InChI is InChI=1S/C11H14BrNO4S/c1-2-6-13(8-11(14)15)18(16,17)10-5-3-4-9(12)7-10/h3-5,7H,2,6,8H2,1H3,(H,14,15). The van der Waals surface area contributed by atoms with Crippen LogP contribution in [0.25, 0.3) is 0 Å². The van der Waals surface area contributed by atoms with Crippen molar-refractivity contribution >= 4 is 31.9 Å². The number of carboxylic acid groups (broad SMARTS) is 1. The zero-order valence-corrected chi connectivity index (χ0v) is 12.2. The molecule has 0 saturated carbocycles. The van der Waals surface area contributed by atoms with Crippen LogP contribution in [0.2, 0.25) is 0 Å². The molecule has 7 heteroatoms. The molecule has 0 saturated heterocycles. The van der Waals surface area contributed by atoms with Crippen molar-refractivity contribution in [3.63, 3.8) is 0 Å². The molecule has 0 bridgehead atoms. The molecule has 100 valence electrons. The SMILES string of the molecule is CCCN(CC(=O)O)S(=O)(=O)c1cccc(Br)c1. The lowest BCUT2D eigenvalue weighted by Crippen LogP contribution is -2.36. The molecule has 0 aliphatic rings. The van der Waals surface area contributed by atoms with Crippen molar-refractivity contribution in [2.24, 2.45) is 0 Å². The highest BCUT2D eigenvalue weighted by Crippen LogP contribution is 2.20. The van der Waals surface area contributed by atoms with Gasteiger partial charge in [0.2, 0.25) is 10.0 Å². The van der Waals surface area contributed by atoms with Crippen molar-refractivity contribution in [3.8, 4) is 0 Å². The Hall–Kier alpha value is -0.920. The molecule has 5 nitrogen and oxygen atoms in total. The van der Waals surface area contributed by atoms with Crippen LogP contribution in [0.4, 0.5) is 0 Å². The highest BCUT2D eigenvalue weighted by Gasteiger charge is 2.25. The van der Waals surface area contributed by atoms with Gasteiger partial charge in [-0.3, -0.25) is 4.79 Å². The third-order valence-corrected chi connectivity index (χ3v) is 4.55. The minimum atomic E-state index is -3.76. The van der Waals surface area contributed by atoms with Gasteiger partial charge in [0.15, 0.2) is 0 Å². The van der Waals surface area contributed by atoms with Gasteiger partial charge in [-0.1, -0.05) is 28.9 Å². The number of rotatable bonds is 6. The zero-order valence-electron chi connectivity index (χ0n) is 9.84. The number of carboxylic acids is 1. The van der Waals surface area contributed by atoms with Gasteiger partial charge in [0.25, 0.3) is 0 Å². The van der Waals surface area contributed by atoms with Crippen LogP contribution in [0.15, 0.2) is 33.6 Å². The third-order valence-electron chi connectivity index (χ3n) is 2.22. The van der Waals surface area contributed by atoms with Crippen molar-refractivity contribution in [3.05, 3.63) is 28.7 Å². The van der Waals surface area contributed by atoms with Gasteiger partial charge < -0.3 is 5.11 Å². The smallest absolute Gasteiger partial charge is 0.318 e. The van der Waals surface area contributed by atoms with Crippen LogP contribution in [0.1, 0.15) is 13.3 Å². The van der Waals surface area contributed by atoms with Crippen LogP contribution in [0, 0.1) is 0 Å². The fourth-order valence-electron chi connectivity index (χ4n) is 1.46. The molecule has 0 unspecified atom stereocenters. The first-order valence-electron chi connectivity index (χ1n) is 5.35. The van der Waals surface area contributed by atoms with Gasteiger partial charge in [-0.2, -0.15) is 4.31 Å². The molecule has 0 amide bonds.